The van der Waals surface area contributed by atoms with Crippen LogP contribution in [0, 0.1) is 5.92 Å². The van der Waals surface area contributed by atoms with Crippen molar-refractivity contribution in [2.45, 2.75) is 84.7 Å². The van der Waals surface area contributed by atoms with Gasteiger partial charge in [0.05, 0.1) is 18.6 Å². The molecule has 0 spiro atoms. The summed E-state index contributed by atoms with van der Waals surface area (Å²) in [5, 5.41) is 0. The molecule has 4 heteroatoms. The average Bonchev–Trinajstić information content (AvgIpc) is 3.32. The summed E-state index contributed by atoms with van der Waals surface area (Å²) in [5.41, 5.74) is 0. The first kappa shape index (κ1) is 19.9. The van der Waals surface area contributed by atoms with Crippen LogP contribution in [0.2, 0.25) is 0 Å². The van der Waals surface area contributed by atoms with E-state index in [2.05, 4.69) is 6.92 Å². The number of ether oxygens (including phenoxy) is 4. The third-order valence-electron chi connectivity index (χ3n) is 4.17. The summed E-state index contributed by atoms with van der Waals surface area (Å²) in [6, 6.07) is 0. The molecule has 0 N–H and O–H groups in total. The molecule has 0 bridgehead atoms. The van der Waals surface area contributed by atoms with Crippen LogP contribution in [0.5, 0.6) is 0 Å². The molecule has 22 heavy (non-hydrogen) atoms. The van der Waals surface area contributed by atoms with Gasteiger partial charge in [-0.25, -0.2) is 0 Å². The Labute approximate surface area is 136 Å². The maximum atomic E-state index is 5.95. The van der Waals surface area contributed by atoms with E-state index in [1.54, 1.807) is 0 Å². The Morgan fingerprint density at radius 1 is 0.864 bits per heavy atom. The zero-order valence-electron chi connectivity index (χ0n) is 15.1. The van der Waals surface area contributed by atoms with Crippen molar-refractivity contribution >= 4 is 0 Å². The van der Waals surface area contributed by atoms with Gasteiger partial charge in [0, 0.05) is 19.8 Å². The fraction of sp³-hybridized carbons (Fsp3) is 1.00. The minimum Gasteiger partial charge on any atom is -0.372 e. The first-order valence-electron chi connectivity index (χ1n) is 9.27. The van der Waals surface area contributed by atoms with Gasteiger partial charge in [-0.15, -0.1) is 0 Å². The zero-order chi connectivity index (χ0) is 16.3. The molecular weight excluding hydrogens is 280 g/mol. The van der Waals surface area contributed by atoms with Crippen LogP contribution in [0.1, 0.15) is 72.6 Å². The highest BCUT2D eigenvalue weighted by atomic mass is 16.9. The van der Waals surface area contributed by atoms with Gasteiger partial charge in [-0.3, -0.25) is 0 Å². The summed E-state index contributed by atoms with van der Waals surface area (Å²) in [5.74, 6) is -0.762. The lowest BCUT2D eigenvalue weighted by molar-refractivity contribution is -0.404. The van der Waals surface area contributed by atoms with E-state index in [4.69, 9.17) is 18.9 Å². The first-order valence-corrected chi connectivity index (χ1v) is 9.27. The first-order chi connectivity index (χ1) is 10.7. The predicted molar refractivity (Wildman–Crippen MR) is 88.8 cm³/mol. The van der Waals surface area contributed by atoms with Crippen LogP contribution >= 0.6 is 0 Å². The number of rotatable bonds is 15. The van der Waals surface area contributed by atoms with Crippen LogP contribution < -0.4 is 0 Å². The van der Waals surface area contributed by atoms with Crippen LogP contribution in [0.15, 0.2) is 0 Å². The third kappa shape index (κ3) is 6.53. The maximum absolute atomic E-state index is 5.95. The second-order valence-electron chi connectivity index (χ2n) is 5.94. The summed E-state index contributed by atoms with van der Waals surface area (Å²) in [6.07, 6.45) is 9.01. The molecule has 0 aromatic rings. The topological polar surface area (TPSA) is 40.2 Å². The van der Waals surface area contributed by atoms with Gasteiger partial charge in [0.15, 0.2) is 0 Å². The second kappa shape index (κ2) is 11.4. The molecule has 1 aliphatic heterocycles. The summed E-state index contributed by atoms with van der Waals surface area (Å²) in [7, 11) is 0. The van der Waals surface area contributed by atoms with E-state index in [0.29, 0.717) is 19.8 Å². The molecule has 0 aromatic heterocycles. The lowest BCUT2D eigenvalue weighted by Crippen LogP contribution is -2.49. The van der Waals surface area contributed by atoms with E-state index in [1.165, 1.54) is 38.5 Å². The van der Waals surface area contributed by atoms with Gasteiger partial charge in [-0.1, -0.05) is 45.4 Å². The van der Waals surface area contributed by atoms with E-state index in [9.17, 15) is 0 Å². The van der Waals surface area contributed by atoms with E-state index >= 15 is 0 Å². The fourth-order valence-corrected chi connectivity index (χ4v) is 3.07. The van der Waals surface area contributed by atoms with Crippen molar-refractivity contribution in [3.63, 3.8) is 0 Å². The highest BCUT2D eigenvalue weighted by Crippen LogP contribution is 2.38. The molecule has 1 rings (SSSR count). The SMILES string of the molecule is CCCCCCCCC(C1CO1)C(OCC)(OCC)OCC. The molecule has 1 aliphatic rings. The van der Waals surface area contributed by atoms with Gasteiger partial charge in [-0.05, 0) is 27.2 Å². The molecule has 0 radical (unpaired) electrons. The molecule has 2 atom stereocenters. The van der Waals surface area contributed by atoms with Gasteiger partial charge >= 0.3 is 0 Å². The van der Waals surface area contributed by atoms with Gasteiger partial charge in [-0.2, -0.15) is 0 Å². The predicted octanol–water partition coefficient (Wildman–Crippen LogP) is 4.52. The maximum Gasteiger partial charge on any atom is 0.288 e. The van der Waals surface area contributed by atoms with Crippen molar-refractivity contribution in [2.75, 3.05) is 26.4 Å². The quantitative estimate of drug-likeness (QED) is 0.253. The standard InChI is InChI=1S/C18H36O4/c1-5-9-10-11-12-13-14-16(17-15-19-17)18(20-6-2,21-7-3)22-8-4/h16-17H,5-15H2,1-4H3. The van der Waals surface area contributed by atoms with Crippen molar-refractivity contribution in [2.24, 2.45) is 5.92 Å². The summed E-state index contributed by atoms with van der Waals surface area (Å²) < 4.78 is 23.4. The molecule has 0 aliphatic carbocycles. The second-order valence-corrected chi connectivity index (χ2v) is 5.94. The Hall–Kier alpha value is -0.160. The number of hydrogen-bond donors (Lipinski definition) is 0. The third-order valence-corrected chi connectivity index (χ3v) is 4.17. The number of hydrogen-bond acceptors (Lipinski definition) is 4. The molecule has 2 unspecified atom stereocenters. The van der Waals surface area contributed by atoms with Gasteiger partial charge in [0.1, 0.15) is 0 Å². The van der Waals surface area contributed by atoms with Crippen LogP contribution in [-0.2, 0) is 18.9 Å². The van der Waals surface area contributed by atoms with Crippen molar-refractivity contribution in [3.05, 3.63) is 0 Å². The minimum absolute atomic E-state index is 0.165. The van der Waals surface area contributed by atoms with Crippen molar-refractivity contribution < 1.29 is 18.9 Å². The Balaban J connectivity index is 2.55. The minimum atomic E-state index is -0.928. The molecule has 132 valence electrons. The highest BCUT2D eigenvalue weighted by molar-refractivity contribution is 4.86. The van der Waals surface area contributed by atoms with Crippen LogP contribution in [0.4, 0.5) is 0 Å². The van der Waals surface area contributed by atoms with Crippen molar-refractivity contribution in [3.8, 4) is 0 Å². The number of unbranched alkanes of at least 4 members (excludes halogenated alkanes) is 5. The molecule has 4 nitrogen and oxygen atoms in total. The molecule has 1 heterocycles. The largest absolute Gasteiger partial charge is 0.372 e. The number of epoxide rings is 1. The van der Waals surface area contributed by atoms with Gasteiger partial charge in [0.2, 0.25) is 0 Å². The Bertz CT molecular complexity index is 249. The van der Waals surface area contributed by atoms with E-state index in [0.717, 1.165) is 13.0 Å². The summed E-state index contributed by atoms with van der Waals surface area (Å²) >= 11 is 0. The average molecular weight is 316 g/mol. The summed E-state index contributed by atoms with van der Waals surface area (Å²) in [4.78, 5) is 0. The molecule has 1 saturated heterocycles. The van der Waals surface area contributed by atoms with Crippen LogP contribution in [-0.4, -0.2) is 38.5 Å². The Morgan fingerprint density at radius 3 is 1.82 bits per heavy atom. The Morgan fingerprint density at radius 2 is 1.36 bits per heavy atom. The zero-order valence-corrected chi connectivity index (χ0v) is 15.1. The molecule has 0 aromatic carbocycles. The lowest BCUT2D eigenvalue weighted by Gasteiger charge is -2.38. The van der Waals surface area contributed by atoms with Crippen LogP contribution in [0.3, 0.4) is 0 Å². The molecule has 0 amide bonds. The molecule has 1 fully saturated rings. The fourth-order valence-electron chi connectivity index (χ4n) is 3.07. The summed E-state index contributed by atoms with van der Waals surface area (Å²) in [6.45, 7) is 10.8. The van der Waals surface area contributed by atoms with Crippen molar-refractivity contribution in [1.29, 1.82) is 0 Å². The smallest absolute Gasteiger partial charge is 0.288 e. The normalized spacial score (nSPS) is 19.4. The Kier molecular flexibility index (Phi) is 10.3. The lowest BCUT2D eigenvalue weighted by atomic mass is 9.94. The molecule has 0 saturated carbocycles. The van der Waals surface area contributed by atoms with E-state index < -0.39 is 5.97 Å². The van der Waals surface area contributed by atoms with Crippen molar-refractivity contribution in [1.82, 2.24) is 0 Å². The molecular formula is C18H36O4. The van der Waals surface area contributed by atoms with Crippen LogP contribution in [0.25, 0.3) is 0 Å². The highest BCUT2D eigenvalue weighted by Gasteiger charge is 2.50. The van der Waals surface area contributed by atoms with Gasteiger partial charge in [0.25, 0.3) is 5.97 Å². The monoisotopic (exact) mass is 316 g/mol. The van der Waals surface area contributed by atoms with Gasteiger partial charge < -0.3 is 18.9 Å². The van der Waals surface area contributed by atoms with E-state index in [1.807, 2.05) is 20.8 Å². The van der Waals surface area contributed by atoms with E-state index in [-0.39, 0.29) is 12.0 Å².